The van der Waals surface area contributed by atoms with Gasteiger partial charge < -0.3 is 10.1 Å². The Morgan fingerprint density at radius 1 is 1.42 bits per heavy atom. The average molecular weight is 331 g/mol. The van der Waals surface area contributed by atoms with Crippen LogP contribution in [0.3, 0.4) is 0 Å². The van der Waals surface area contributed by atoms with E-state index in [4.69, 9.17) is 4.74 Å². The van der Waals surface area contributed by atoms with Crippen molar-refractivity contribution in [2.45, 2.75) is 50.3 Å². The van der Waals surface area contributed by atoms with E-state index in [9.17, 15) is 10.1 Å². The van der Waals surface area contributed by atoms with Gasteiger partial charge in [0.2, 0.25) is 5.91 Å². The highest BCUT2D eigenvalue weighted by Crippen LogP contribution is 2.27. The minimum absolute atomic E-state index is 0.0334. The maximum Gasteiger partial charge on any atom is 0.235 e. The number of nitrogens with one attached hydrogen (secondary N) is 1. The second-order valence-electron chi connectivity index (χ2n) is 6.76. The van der Waals surface area contributed by atoms with Crippen molar-refractivity contribution in [2.75, 3.05) is 26.2 Å². The first kappa shape index (κ1) is 16.9. The standard InChI is InChI=1S/C17H25N5O2/c18-14-17(5-2-1-3-6-17)20-16(23)13-21-9-10-24-15(11-21)12-22-8-4-7-19-22/h4,7-8,15H,1-3,5-6,9-13H2,(H,20,23). The second-order valence-corrected chi connectivity index (χ2v) is 6.76. The summed E-state index contributed by atoms with van der Waals surface area (Å²) in [5.74, 6) is -0.0572. The van der Waals surface area contributed by atoms with Gasteiger partial charge in [-0.25, -0.2) is 0 Å². The van der Waals surface area contributed by atoms with Gasteiger partial charge in [0.1, 0.15) is 5.54 Å². The number of hydrogen-bond donors (Lipinski definition) is 1. The fourth-order valence-electron chi connectivity index (χ4n) is 3.58. The van der Waals surface area contributed by atoms with Crippen LogP contribution in [0.2, 0.25) is 0 Å². The highest BCUT2D eigenvalue weighted by Gasteiger charge is 2.34. The summed E-state index contributed by atoms with van der Waals surface area (Å²) in [5, 5.41) is 16.7. The molecule has 1 amide bonds. The summed E-state index contributed by atoms with van der Waals surface area (Å²) in [4.78, 5) is 14.5. The van der Waals surface area contributed by atoms with Crippen molar-refractivity contribution >= 4 is 5.91 Å². The third-order valence-electron chi connectivity index (χ3n) is 4.84. The largest absolute Gasteiger partial charge is 0.374 e. The fraction of sp³-hybridized carbons (Fsp3) is 0.706. The van der Waals surface area contributed by atoms with Crippen molar-refractivity contribution in [2.24, 2.45) is 0 Å². The maximum atomic E-state index is 12.4. The molecule has 1 unspecified atom stereocenters. The van der Waals surface area contributed by atoms with Crippen LogP contribution in [0.5, 0.6) is 0 Å². The Labute approximate surface area is 142 Å². The number of rotatable bonds is 5. The number of nitriles is 1. The molecule has 3 rings (SSSR count). The van der Waals surface area contributed by atoms with E-state index in [2.05, 4.69) is 21.4 Å². The van der Waals surface area contributed by atoms with Crippen molar-refractivity contribution in [3.05, 3.63) is 18.5 Å². The van der Waals surface area contributed by atoms with Gasteiger partial charge in [-0.05, 0) is 18.9 Å². The SMILES string of the molecule is N#CC1(NC(=O)CN2CCOC(Cn3cccn3)C2)CCCCC1. The molecule has 0 aromatic carbocycles. The molecule has 0 radical (unpaired) electrons. The molecule has 2 fully saturated rings. The number of morpholine rings is 1. The highest BCUT2D eigenvalue weighted by molar-refractivity contribution is 5.79. The van der Waals surface area contributed by atoms with Crippen molar-refractivity contribution < 1.29 is 9.53 Å². The Balaban J connectivity index is 1.49. The molecule has 0 spiro atoms. The number of carbonyl (C=O) groups excluding carboxylic acids is 1. The molecular weight excluding hydrogens is 306 g/mol. The van der Waals surface area contributed by atoms with E-state index in [0.29, 0.717) is 26.2 Å². The highest BCUT2D eigenvalue weighted by atomic mass is 16.5. The molecule has 24 heavy (non-hydrogen) atoms. The van der Waals surface area contributed by atoms with Gasteiger partial charge in [-0.2, -0.15) is 10.4 Å². The van der Waals surface area contributed by atoms with Crippen LogP contribution in [-0.2, 0) is 16.1 Å². The summed E-state index contributed by atoms with van der Waals surface area (Å²) in [6.45, 7) is 3.06. The fourth-order valence-corrected chi connectivity index (χ4v) is 3.58. The van der Waals surface area contributed by atoms with Gasteiger partial charge in [-0.3, -0.25) is 14.4 Å². The summed E-state index contributed by atoms with van der Waals surface area (Å²) in [6.07, 6.45) is 8.40. The number of hydrogen-bond acceptors (Lipinski definition) is 5. The molecule has 7 heteroatoms. The van der Waals surface area contributed by atoms with Gasteiger partial charge in [-0.15, -0.1) is 0 Å². The van der Waals surface area contributed by atoms with Crippen LogP contribution in [-0.4, -0.2) is 58.5 Å². The Hall–Kier alpha value is -1.91. The molecule has 1 N–H and O–H groups in total. The van der Waals surface area contributed by atoms with Crippen molar-refractivity contribution in [3.8, 4) is 6.07 Å². The van der Waals surface area contributed by atoms with E-state index in [1.807, 2.05) is 16.9 Å². The van der Waals surface area contributed by atoms with Crippen LogP contribution in [0, 0.1) is 11.3 Å². The van der Waals surface area contributed by atoms with E-state index in [1.165, 1.54) is 0 Å². The number of carbonyl (C=O) groups is 1. The van der Waals surface area contributed by atoms with Crippen LogP contribution in [0.1, 0.15) is 32.1 Å². The average Bonchev–Trinajstić information content (AvgIpc) is 3.09. The monoisotopic (exact) mass is 331 g/mol. The Morgan fingerprint density at radius 3 is 2.96 bits per heavy atom. The van der Waals surface area contributed by atoms with Gasteiger partial charge in [0.05, 0.1) is 31.9 Å². The predicted molar refractivity (Wildman–Crippen MR) is 88.0 cm³/mol. The first-order valence-electron chi connectivity index (χ1n) is 8.73. The normalized spacial score (nSPS) is 24.2. The van der Waals surface area contributed by atoms with E-state index >= 15 is 0 Å². The molecule has 0 bridgehead atoms. The third kappa shape index (κ3) is 4.34. The van der Waals surface area contributed by atoms with Crippen LogP contribution >= 0.6 is 0 Å². The molecule has 2 aliphatic rings. The smallest absolute Gasteiger partial charge is 0.235 e. The molecule has 1 aromatic rings. The van der Waals surface area contributed by atoms with Crippen LogP contribution < -0.4 is 5.32 Å². The van der Waals surface area contributed by atoms with Crippen molar-refractivity contribution in [1.29, 1.82) is 5.26 Å². The minimum atomic E-state index is -0.657. The lowest BCUT2D eigenvalue weighted by Gasteiger charge is -2.35. The zero-order chi connectivity index (χ0) is 16.8. The lowest BCUT2D eigenvalue weighted by Crippen LogP contribution is -2.54. The molecule has 1 atom stereocenters. The van der Waals surface area contributed by atoms with Crippen LogP contribution in [0.4, 0.5) is 0 Å². The predicted octanol–water partition coefficient (Wildman–Crippen LogP) is 0.927. The molecule has 2 heterocycles. The molecule has 1 aliphatic heterocycles. The minimum Gasteiger partial charge on any atom is -0.374 e. The summed E-state index contributed by atoms with van der Waals surface area (Å²) in [7, 11) is 0. The van der Waals surface area contributed by atoms with Crippen LogP contribution in [0.15, 0.2) is 18.5 Å². The Bertz CT molecular complexity index is 574. The van der Waals surface area contributed by atoms with Gasteiger partial charge in [0.15, 0.2) is 0 Å². The van der Waals surface area contributed by atoms with E-state index in [-0.39, 0.29) is 12.0 Å². The van der Waals surface area contributed by atoms with E-state index in [0.717, 1.165) is 38.6 Å². The summed E-state index contributed by atoms with van der Waals surface area (Å²) in [5.41, 5.74) is -0.657. The van der Waals surface area contributed by atoms with Gasteiger partial charge in [0, 0.05) is 25.5 Å². The molecule has 130 valence electrons. The van der Waals surface area contributed by atoms with Crippen LogP contribution in [0.25, 0.3) is 0 Å². The van der Waals surface area contributed by atoms with Gasteiger partial charge in [-0.1, -0.05) is 19.3 Å². The lowest BCUT2D eigenvalue weighted by atomic mass is 9.83. The zero-order valence-corrected chi connectivity index (χ0v) is 14.0. The third-order valence-corrected chi connectivity index (χ3v) is 4.84. The first-order valence-corrected chi connectivity index (χ1v) is 8.73. The summed E-state index contributed by atoms with van der Waals surface area (Å²) in [6, 6.07) is 4.23. The molecule has 1 saturated carbocycles. The lowest BCUT2D eigenvalue weighted by molar-refractivity contribution is -0.126. The van der Waals surface area contributed by atoms with E-state index in [1.54, 1.807) is 6.20 Å². The number of ether oxygens (including phenoxy) is 1. The summed E-state index contributed by atoms with van der Waals surface area (Å²) >= 11 is 0. The number of amides is 1. The molecule has 7 nitrogen and oxygen atoms in total. The summed E-state index contributed by atoms with van der Waals surface area (Å²) < 4.78 is 7.62. The van der Waals surface area contributed by atoms with Crippen molar-refractivity contribution in [3.63, 3.8) is 0 Å². The van der Waals surface area contributed by atoms with Gasteiger partial charge in [0.25, 0.3) is 0 Å². The maximum absolute atomic E-state index is 12.4. The number of aromatic nitrogens is 2. The second kappa shape index (κ2) is 7.77. The Morgan fingerprint density at radius 2 is 2.25 bits per heavy atom. The molecule has 1 saturated heterocycles. The van der Waals surface area contributed by atoms with Crippen molar-refractivity contribution in [1.82, 2.24) is 20.0 Å². The quantitative estimate of drug-likeness (QED) is 0.868. The first-order chi connectivity index (χ1) is 11.7. The topological polar surface area (TPSA) is 83.2 Å². The van der Waals surface area contributed by atoms with E-state index < -0.39 is 5.54 Å². The zero-order valence-electron chi connectivity index (χ0n) is 14.0. The Kier molecular flexibility index (Phi) is 5.48. The number of nitrogens with zero attached hydrogens (tertiary/aromatic N) is 4. The molecule has 1 aromatic heterocycles. The molecule has 1 aliphatic carbocycles. The molecular formula is C17H25N5O2. The van der Waals surface area contributed by atoms with Gasteiger partial charge >= 0.3 is 0 Å².